The fourth-order valence-electron chi connectivity index (χ4n) is 7.38. The van der Waals surface area contributed by atoms with Crippen LogP contribution < -0.4 is 4.90 Å². The Morgan fingerprint density at radius 3 is 1.98 bits per heavy atom. The molecule has 0 amide bonds. The van der Waals surface area contributed by atoms with E-state index in [0.717, 1.165) is 44.4 Å². The van der Waals surface area contributed by atoms with Gasteiger partial charge in [-0.3, -0.25) is 0 Å². The lowest BCUT2D eigenvalue weighted by molar-refractivity contribution is 0.669. The molecule has 0 unspecified atom stereocenters. The zero-order valence-corrected chi connectivity index (χ0v) is 27.3. The lowest BCUT2D eigenvalue weighted by Crippen LogP contribution is -2.11. The van der Waals surface area contributed by atoms with E-state index >= 15 is 0 Å². The summed E-state index contributed by atoms with van der Waals surface area (Å²) in [6, 6.07) is 63.2. The highest BCUT2D eigenvalue weighted by atomic mass is 32.1. The van der Waals surface area contributed by atoms with Crippen LogP contribution in [0, 0.1) is 0 Å². The van der Waals surface area contributed by atoms with Crippen LogP contribution in [-0.2, 0) is 0 Å². The molecule has 0 spiro atoms. The van der Waals surface area contributed by atoms with E-state index < -0.39 is 0 Å². The first-order valence-electron chi connectivity index (χ1n) is 16.6. The minimum absolute atomic E-state index is 0.881. The third-order valence-corrected chi connectivity index (χ3v) is 10.9. The summed E-state index contributed by atoms with van der Waals surface area (Å²) in [5.74, 6) is 0. The largest absolute Gasteiger partial charge is 0.456 e. The van der Waals surface area contributed by atoms with Gasteiger partial charge < -0.3 is 9.32 Å². The minimum atomic E-state index is 0.881. The molecule has 10 rings (SSSR count). The summed E-state index contributed by atoms with van der Waals surface area (Å²) in [7, 11) is 0. The smallest absolute Gasteiger partial charge is 0.138 e. The van der Waals surface area contributed by atoms with Crippen LogP contribution in [0.1, 0.15) is 0 Å². The van der Waals surface area contributed by atoms with Crippen molar-refractivity contribution in [1.29, 1.82) is 0 Å². The van der Waals surface area contributed by atoms with Gasteiger partial charge in [-0.15, -0.1) is 11.3 Å². The summed E-state index contributed by atoms with van der Waals surface area (Å²) >= 11 is 1.87. The van der Waals surface area contributed by atoms with Crippen LogP contribution in [0.3, 0.4) is 0 Å². The van der Waals surface area contributed by atoms with E-state index in [0.29, 0.717) is 0 Å². The molecular formula is C46H29NOS. The molecular weight excluding hydrogens is 615 g/mol. The number of anilines is 3. The second-order valence-electron chi connectivity index (χ2n) is 12.5. The highest BCUT2D eigenvalue weighted by Gasteiger charge is 2.23. The molecule has 10 aromatic rings. The number of para-hydroxylation sites is 1. The van der Waals surface area contributed by atoms with Gasteiger partial charge in [-0.05, 0) is 70.1 Å². The monoisotopic (exact) mass is 643 g/mol. The van der Waals surface area contributed by atoms with Gasteiger partial charge in [0.1, 0.15) is 11.2 Å². The first-order valence-corrected chi connectivity index (χ1v) is 17.4. The fourth-order valence-corrected chi connectivity index (χ4v) is 8.62. The van der Waals surface area contributed by atoms with E-state index in [1.165, 1.54) is 47.8 Å². The number of hydrogen-bond donors (Lipinski definition) is 0. The molecule has 230 valence electrons. The van der Waals surface area contributed by atoms with E-state index in [9.17, 15) is 0 Å². The van der Waals surface area contributed by atoms with E-state index in [2.05, 4.69) is 175 Å². The van der Waals surface area contributed by atoms with Crippen molar-refractivity contribution in [3.05, 3.63) is 176 Å². The number of hydrogen-bond acceptors (Lipinski definition) is 3. The van der Waals surface area contributed by atoms with E-state index in [1.54, 1.807) is 0 Å². The van der Waals surface area contributed by atoms with Crippen LogP contribution in [0.15, 0.2) is 180 Å². The molecule has 0 fully saturated rings. The van der Waals surface area contributed by atoms with Gasteiger partial charge in [0.25, 0.3) is 0 Å². The molecule has 2 aromatic heterocycles. The predicted molar refractivity (Wildman–Crippen MR) is 210 cm³/mol. The fraction of sp³-hybridized carbons (Fsp3) is 0. The van der Waals surface area contributed by atoms with Crippen LogP contribution in [-0.4, -0.2) is 0 Å². The Kier molecular flexibility index (Phi) is 6.39. The number of furan rings is 1. The van der Waals surface area contributed by atoms with Crippen molar-refractivity contribution in [1.82, 2.24) is 0 Å². The number of thiophene rings is 1. The van der Waals surface area contributed by atoms with Crippen molar-refractivity contribution >= 4 is 81.3 Å². The number of benzene rings is 8. The van der Waals surface area contributed by atoms with Crippen molar-refractivity contribution in [2.75, 3.05) is 4.90 Å². The highest BCUT2D eigenvalue weighted by molar-refractivity contribution is 7.26. The van der Waals surface area contributed by atoms with Gasteiger partial charge in [0.2, 0.25) is 0 Å². The number of fused-ring (bicyclic) bond motifs is 7. The van der Waals surface area contributed by atoms with Crippen LogP contribution in [0.2, 0.25) is 0 Å². The Morgan fingerprint density at radius 1 is 0.429 bits per heavy atom. The van der Waals surface area contributed by atoms with Gasteiger partial charge in [0.05, 0.1) is 11.1 Å². The molecule has 0 aliphatic heterocycles. The molecule has 0 aliphatic rings. The van der Waals surface area contributed by atoms with E-state index in [1.807, 2.05) is 17.4 Å². The Morgan fingerprint density at radius 2 is 1.10 bits per heavy atom. The topological polar surface area (TPSA) is 16.4 Å². The van der Waals surface area contributed by atoms with Crippen molar-refractivity contribution in [2.24, 2.45) is 0 Å². The average Bonchev–Trinajstić information content (AvgIpc) is 3.74. The van der Waals surface area contributed by atoms with Crippen molar-refractivity contribution in [3.63, 3.8) is 0 Å². The van der Waals surface area contributed by atoms with E-state index in [4.69, 9.17) is 4.42 Å². The molecule has 0 saturated carbocycles. The average molecular weight is 644 g/mol. The maximum atomic E-state index is 6.54. The standard InChI is InChI=1S/C46H29NOS/c1-2-12-30(13-3-1)31-24-26-34(27-25-31)47(45-36-17-5-4-14-33(36)29-42-44(45)40-19-6-8-22-41(40)48-42)35-16-10-15-32(28-35)37-20-11-21-39-38-18-7-9-23-43(38)49-46(37)39/h1-29H. The van der Waals surface area contributed by atoms with Crippen LogP contribution in [0.5, 0.6) is 0 Å². The summed E-state index contributed by atoms with van der Waals surface area (Å²) in [6.07, 6.45) is 0. The summed E-state index contributed by atoms with van der Waals surface area (Å²) < 4.78 is 9.17. The first-order chi connectivity index (χ1) is 24.3. The molecule has 0 bridgehead atoms. The van der Waals surface area contributed by atoms with Crippen LogP contribution >= 0.6 is 11.3 Å². The van der Waals surface area contributed by atoms with Crippen molar-refractivity contribution in [2.45, 2.75) is 0 Å². The molecule has 0 radical (unpaired) electrons. The molecule has 0 N–H and O–H groups in total. The lowest BCUT2D eigenvalue weighted by atomic mass is 9.98. The lowest BCUT2D eigenvalue weighted by Gasteiger charge is -2.28. The number of rotatable bonds is 5. The Labute approximate surface area is 287 Å². The normalized spacial score (nSPS) is 11.7. The molecule has 8 aromatic carbocycles. The van der Waals surface area contributed by atoms with Gasteiger partial charge in [0, 0.05) is 42.3 Å². The van der Waals surface area contributed by atoms with Crippen LogP contribution in [0.25, 0.3) is 75.1 Å². The third kappa shape index (κ3) is 4.55. The Balaban J connectivity index is 1.25. The highest BCUT2D eigenvalue weighted by Crippen LogP contribution is 2.48. The van der Waals surface area contributed by atoms with Gasteiger partial charge in [-0.25, -0.2) is 0 Å². The summed E-state index contributed by atoms with van der Waals surface area (Å²) in [4.78, 5) is 2.43. The second-order valence-corrected chi connectivity index (χ2v) is 13.5. The van der Waals surface area contributed by atoms with E-state index in [-0.39, 0.29) is 0 Å². The van der Waals surface area contributed by atoms with Crippen molar-refractivity contribution in [3.8, 4) is 22.3 Å². The predicted octanol–water partition coefficient (Wildman–Crippen LogP) is 13.9. The summed E-state index contributed by atoms with van der Waals surface area (Å²) in [6.45, 7) is 0. The SMILES string of the molecule is c1ccc(-c2ccc(N(c3cccc(-c4cccc5c4sc4ccccc45)c3)c3c4ccccc4cc4oc5ccccc5c34)cc2)cc1. The van der Waals surface area contributed by atoms with Gasteiger partial charge >= 0.3 is 0 Å². The summed E-state index contributed by atoms with van der Waals surface area (Å²) in [5.41, 5.74) is 9.88. The first kappa shape index (κ1) is 27.9. The second kappa shape index (κ2) is 11.2. The maximum absolute atomic E-state index is 6.54. The Hall–Kier alpha value is -6.16. The minimum Gasteiger partial charge on any atom is -0.456 e. The van der Waals surface area contributed by atoms with Gasteiger partial charge in [-0.2, -0.15) is 0 Å². The van der Waals surface area contributed by atoms with Gasteiger partial charge in [0.15, 0.2) is 0 Å². The molecule has 2 heterocycles. The quantitative estimate of drug-likeness (QED) is 0.186. The zero-order valence-electron chi connectivity index (χ0n) is 26.5. The third-order valence-electron chi connectivity index (χ3n) is 9.64. The molecule has 2 nitrogen and oxygen atoms in total. The zero-order chi connectivity index (χ0) is 32.3. The molecule has 3 heteroatoms. The van der Waals surface area contributed by atoms with Crippen molar-refractivity contribution < 1.29 is 4.42 Å². The summed E-state index contributed by atoms with van der Waals surface area (Å²) in [5, 5.41) is 7.14. The Bertz CT molecular complexity index is 2830. The molecule has 49 heavy (non-hydrogen) atoms. The molecule has 0 aliphatic carbocycles. The molecule has 0 saturated heterocycles. The van der Waals surface area contributed by atoms with Gasteiger partial charge in [-0.1, -0.05) is 133 Å². The number of nitrogens with zero attached hydrogens (tertiary/aromatic N) is 1. The maximum Gasteiger partial charge on any atom is 0.138 e. The van der Waals surface area contributed by atoms with Crippen LogP contribution in [0.4, 0.5) is 17.1 Å². The molecule has 0 atom stereocenters.